The molecule has 3 aromatic rings. The van der Waals surface area contributed by atoms with Gasteiger partial charge in [-0.05, 0) is 18.2 Å². The Bertz CT molecular complexity index is 663. The van der Waals surface area contributed by atoms with E-state index in [0.717, 1.165) is 10.7 Å². The fraction of sp³-hybridized carbons (Fsp3) is 0.0833. The number of thiazole rings is 1. The largest absolute Gasteiger partial charge is 0.377 e. The van der Waals surface area contributed by atoms with E-state index in [1.54, 1.807) is 23.5 Å². The average Bonchev–Trinajstić information content (AvgIpc) is 2.88. The molecular weight excluding hydrogens is 273 g/mol. The van der Waals surface area contributed by atoms with Crippen LogP contribution in [0.3, 0.4) is 0 Å². The van der Waals surface area contributed by atoms with E-state index in [0.29, 0.717) is 17.3 Å². The maximum absolute atomic E-state index is 13.5. The molecule has 18 heavy (non-hydrogen) atoms. The topological polar surface area (TPSA) is 29.3 Å². The van der Waals surface area contributed by atoms with Gasteiger partial charge in [0.1, 0.15) is 5.82 Å². The second-order valence-corrected chi connectivity index (χ2v) is 5.11. The van der Waals surface area contributed by atoms with Crippen molar-refractivity contribution in [2.24, 2.45) is 0 Å². The number of imidazole rings is 1. The monoisotopic (exact) mass is 281 g/mol. The van der Waals surface area contributed by atoms with E-state index in [9.17, 15) is 4.39 Å². The van der Waals surface area contributed by atoms with Crippen molar-refractivity contribution in [1.29, 1.82) is 0 Å². The molecule has 0 spiro atoms. The van der Waals surface area contributed by atoms with Crippen LogP contribution < -0.4 is 5.32 Å². The number of rotatable bonds is 3. The Kier molecular flexibility index (Phi) is 2.93. The number of halogens is 2. The van der Waals surface area contributed by atoms with Gasteiger partial charge in [-0.15, -0.1) is 11.3 Å². The van der Waals surface area contributed by atoms with Crippen LogP contribution in [0.25, 0.3) is 4.96 Å². The van der Waals surface area contributed by atoms with Gasteiger partial charge in [-0.2, -0.15) is 0 Å². The molecule has 2 heterocycles. The fourth-order valence-electron chi connectivity index (χ4n) is 1.68. The number of fused-ring (bicyclic) bond motifs is 1. The minimum absolute atomic E-state index is 0.358. The summed E-state index contributed by atoms with van der Waals surface area (Å²) in [6, 6.07) is 4.56. The first-order valence-corrected chi connectivity index (χ1v) is 6.58. The molecule has 2 aromatic heterocycles. The van der Waals surface area contributed by atoms with Gasteiger partial charge in [-0.3, -0.25) is 4.40 Å². The van der Waals surface area contributed by atoms with E-state index in [1.807, 2.05) is 22.2 Å². The lowest BCUT2D eigenvalue weighted by molar-refractivity contribution is 0.630. The molecule has 0 fully saturated rings. The summed E-state index contributed by atoms with van der Waals surface area (Å²) < 4.78 is 15.5. The second kappa shape index (κ2) is 4.59. The Hall–Kier alpha value is -1.59. The normalized spacial score (nSPS) is 11.0. The number of nitrogens with one attached hydrogen (secondary N) is 1. The smallest absolute Gasteiger partial charge is 0.193 e. The van der Waals surface area contributed by atoms with E-state index in [4.69, 9.17) is 11.6 Å². The Morgan fingerprint density at radius 3 is 3.11 bits per heavy atom. The molecule has 1 N–H and O–H groups in total. The zero-order valence-electron chi connectivity index (χ0n) is 9.23. The van der Waals surface area contributed by atoms with Crippen LogP contribution in [0.2, 0.25) is 5.02 Å². The summed E-state index contributed by atoms with van der Waals surface area (Å²) >= 11 is 7.26. The molecule has 0 amide bonds. The quantitative estimate of drug-likeness (QED) is 0.791. The van der Waals surface area contributed by atoms with E-state index < -0.39 is 0 Å². The third kappa shape index (κ3) is 2.19. The van der Waals surface area contributed by atoms with Crippen molar-refractivity contribution < 1.29 is 4.39 Å². The molecule has 6 heteroatoms. The van der Waals surface area contributed by atoms with E-state index in [1.165, 1.54) is 6.07 Å². The molecule has 0 radical (unpaired) electrons. The maximum atomic E-state index is 13.5. The van der Waals surface area contributed by atoms with Gasteiger partial charge < -0.3 is 5.32 Å². The summed E-state index contributed by atoms with van der Waals surface area (Å²) in [5, 5.41) is 5.36. The van der Waals surface area contributed by atoms with Gasteiger partial charge in [0, 0.05) is 22.8 Å². The van der Waals surface area contributed by atoms with E-state index >= 15 is 0 Å². The maximum Gasteiger partial charge on any atom is 0.193 e. The minimum Gasteiger partial charge on any atom is -0.377 e. The van der Waals surface area contributed by atoms with Crippen molar-refractivity contribution in [1.82, 2.24) is 9.38 Å². The van der Waals surface area contributed by atoms with Crippen molar-refractivity contribution in [2.75, 3.05) is 5.32 Å². The standard InChI is InChI=1S/C12H9ClFN3S/c13-8-1-2-11(10(14)5-8)15-6-9-7-17-3-4-18-12(17)16-9/h1-5,7,15H,6H2. The van der Waals surface area contributed by atoms with Gasteiger partial charge in [0.05, 0.1) is 17.9 Å². The van der Waals surface area contributed by atoms with Crippen LogP contribution in [-0.4, -0.2) is 9.38 Å². The third-order valence-electron chi connectivity index (χ3n) is 2.53. The number of benzene rings is 1. The first-order chi connectivity index (χ1) is 8.72. The van der Waals surface area contributed by atoms with E-state index in [2.05, 4.69) is 10.3 Å². The summed E-state index contributed by atoms with van der Waals surface area (Å²) in [5.74, 6) is -0.358. The molecule has 3 rings (SSSR count). The molecule has 0 saturated heterocycles. The molecule has 0 aliphatic heterocycles. The van der Waals surface area contributed by atoms with E-state index in [-0.39, 0.29) is 5.82 Å². The lowest BCUT2D eigenvalue weighted by Crippen LogP contribution is -2.01. The summed E-state index contributed by atoms with van der Waals surface area (Å²) in [6.45, 7) is 0.479. The zero-order valence-corrected chi connectivity index (χ0v) is 10.8. The molecule has 0 unspecified atom stereocenters. The fourth-order valence-corrected chi connectivity index (χ4v) is 2.56. The number of aromatic nitrogens is 2. The number of hydrogen-bond donors (Lipinski definition) is 1. The third-order valence-corrected chi connectivity index (χ3v) is 3.54. The summed E-state index contributed by atoms with van der Waals surface area (Å²) in [4.78, 5) is 5.34. The van der Waals surface area contributed by atoms with Gasteiger partial charge in [-0.25, -0.2) is 9.37 Å². The van der Waals surface area contributed by atoms with Crippen molar-refractivity contribution in [3.8, 4) is 0 Å². The summed E-state index contributed by atoms with van der Waals surface area (Å²) in [6.07, 6.45) is 3.87. The summed E-state index contributed by atoms with van der Waals surface area (Å²) in [7, 11) is 0. The Balaban J connectivity index is 1.76. The highest BCUT2D eigenvalue weighted by molar-refractivity contribution is 7.15. The highest BCUT2D eigenvalue weighted by Gasteiger charge is 2.05. The highest BCUT2D eigenvalue weighted by Crippen LogP contribution is 2.19. The van der Waals surface area contributed by atoms with Gasteiger partial charge in [0.15, 0.2) is 4.96 Å². The molecule has 1 aromatic carbocycles. The van der Waals surface area contributed by atoms with Crippen LogP contribution in [-0.2, 0) is 6.54 Å². The average molecular weight is 282 g/mol. The lowest BCUT2D eigenvalue weighted by Gasteiger charge is -2.05. The van der Waals surface area contributed by atoms with Gasteiger partial charge in [0.25, 0.3) is 0 Å². The molecule has 3 nitrogen and oxygen atoms in total. The second-order valence-electron chi connectivity index (χ2n) is 3.80. The Morgan fingerprint density at radius 1 is 1.44 bits per heavy atom. The minimum atomic E-state index is -0.358. The first-order valence-electron chi connectivity index (χ1n) is 5.32. The van der Waals surface area contributed by atoms with Crippen molar-refractivity contribution in [3.63, 3.8) is 0 Å². The predicted molar refractivity (Wildman–Crippen MR) is 71.8 cm³/mol. The molecule has 0 atom stereocenters. The zero-order chi connectivity index (χ0) is 12.5. The predicted octanol–water partition coefficient (Wildman–Crippen LogP) is 3.80. The van der Waals surface area contributed by atoms with Gasteiger partial charge in [-0.1, -0.05) is 11.6 Å². The molecule has 92 valence electrons. The van der Waals surface area contributed by atoms with Crippen LogP contribution >= 0.6 is 22.9 Å². The molecule has 0 saturated carbocycles. The number of hydrogen-bond acceptors (Lipinski definition) is 3. The first kappa shape index (κ1) is 11.5. The van der Waals surface area contributed by atoms with Crippen LogP contribution in [0, 0.1) is 5.82 Å². The number of anilines is 1. The van der Waals surface area contributed by atoms with Crippen LogP contribution in [0.15, 0.2) is 36.0 Å². The van der Waals surface area contributed by atoms with Gasteiger partial charge >= 0.3 is 0 Å². The summed E-state index contributed by atoms with van der Waals surface area (Å²) in [5.41, 5.74) is 1.30. The Labute approximate surface area is 112 Å². The Morgan fingerprint density at radius 2 is 2.33 bits per heavy atom. The van der Waals surface area contributed by atoms with Crippen LogP contribution in [0.5, 0.6) is 0 Å². The molecule has 0 aliphatic carbocycles. The van der Waals surface area contributed by atoms with Crippen LogP contribution in [0.1, 0.15) is 5.69 Å². The van der Waals surface area contributed by atoms with Gasteiger partial charge in [0.2, 0.25) is 0 Å². The molecule has 0 bridgehead atoms. The van der Waals surface area contributed by atoms with Crippen LogP contribution in [0.4, 0.5) is 10.1 Å². The molecular formula is C12H9ClFN3S. The SMILES string of the molecule is Fc1cc(Cl)ccc1NCc1cn2ccsc2n1. The van der Waals surface area contributed by atoms with Crippen molar-refractivity contribution >= 4 is 33.6 Å². The lowest BCUT2D eigenvalue weighted by atomic mass is 10.3. The van der Waals surface area contributed by atoms with Crippen molar-refractivity contribution in [2.45, 2.75) is 6.54 Å². The van der Waals surface area contributed by atoms with Crippen molar-refractivity contribution in [3.05, 3.63) is 52.5 Å². The highest BCUT2D eigenvalue weighted by atomic mass is 35.5. The number of nitrogens with zero attached hydrogens (tertiary/aromatic N) is 2. The molecule has 0 aliphatic rings.